The van der Waals surface area contributed by atoms with Crippen molar-refractivity contribution in [3.8, 4) is 11.5 Å². The van der Waals surface area contributed by atoms with Gasteiger partial charge in [-0.1, -0.05) is 12.1 Å². The highest BCUT2D eigenvalue weighted by atomic mass is 19.4. The number of fused-ring (bicyclic) bond motifs is 1. The Balaban J connectivity index is 1.82. The predicted octanol–water partition coefficient (Wildman–Crippen LogP) is 4.50. The molecule has 124 valence electrons. The summed E-state index contributed by atoms with van der Waals surface area (Å²) in [6, 6.07) is 9.97. The lowest BCUT2D eigenvalue weighted by Crippen LogP contribution is -2.17. The highest BCUT2D eigenvalue weighted by molar-refractivity contribution is 6.13. The van der Waals surface area contributed by atoms with Crippen LogP contribution in [0.15, 0.2) is 48.0 Å². The van der Waals surface area contributed by atoms with Crippen LogP contribution in [-0.2, 0) is 6.42 Å². The zero-order chi connectivity index (χ0) is 17.3. The van der Waals surface area contributed by atoms with E-state index >= 15 is 0 Å². The van der Waals surface area contributed by atoms with Gasteiger partial charge < -0.3 is 9.84 Å². The van der Waals surface area contributed by atoms with Gasteiger partial charge in [-0.3, -0.25) is 4.79 Å². The molecule has 1 aliphatic rings. The van der Waals surface area contributed by atoms with Crippen LogP contribution in [0.5, 0.6) is 11.5 Å². The van der Waals surface area contributed by atoms with Crippen molar-refractivity contribution < 1.29 is 27.8 Å². The summed E-state index contributed by atoms with van der Waals surface area (Å²) in [6.07, 6.45) is -1.93. The standard InChI is InChI=1S/C18H13F3O3/c19-18(20,21)24-15-6-1-11(2-7-15)9-13-4-3-12-10-14(22)5-8-16(12)17(13)23/h1-2,5-10,22H,3-4H2/b13-9+. The minimum absolute atomic E-state index is 0.120. The fraction of sp³-hybridized carbons (Fsp3) is 0.167. The zero-order valence-electron chi connectivity index (χ0n) is 12.4. The largest absolute Gasteiger partial charge is 0.573 e. The van der Waals surface area contributed by atoms with Gasteiger partial charge in [0.05, 0.1) is 0 Å². The maximum atomic E-state index is 12.5. The second-order valence-electron chi connectivity index (χ2n) is 5.46. The van der Waals surface area contributed by atoms with Crippen molar-refractivity contribution in [3.63, 3.8) is 0 Å². The average Bonchev–Trinajstić information content (AvgIpc) is 2.50. The van der Waals surface area contributed by atoms with Crippen molar-refractivity contribution in [2.24, 2.45) is 0 Å². The number of allylic oxidation sites excluding steroid dienone is 1. The third kappa shape index (κ3) is 3.59. The Morgan fingerprint density at radius 1 is 1.04 bits per heavy atom. The van der Waals surface area contributed by atoms with E-state index in [0.29, 0.717) is 29.5 Å². The predicted molar refractivity (Wildman–Crippen MR) is 81.9 cm³/mol. The molecule has 0 saturated carbocycles. The van der Waals surface area contributed by atoms with Gasteiger partial charge in [0.1, 0.15) is 11.5 Å². The van der Waals surface area contributed by atoms with Crippen molar-refractivity contribution in [1.29, 1.82) is 0 Å². The van der Waals surface area contributed by atoms with E-state index in [2.05, 4.69) is 4.74 Å². The van der Waals surface area contributed by atoms with Crippen molar-refractivity contribution in [3.05, 3.63) is 64.7 Å². The fourth-order valence-corrected chi connectivity index (χ4v) is 2.67. The SMILES string of the molecule is O=C1/C(=C/c2ccc(OC(F)(F)F)cc2)CCc2cc(O)ccc21. The van der Waals surface area contributed by atoms with Gasteiger partial charge in [-0.05, 0) is 60.4 Å². The Morgan fingerprint density at radius 2 is 1.75 bits per heavy atom. The van der Waals surface area contributed by atoms with Crippen LogP contribution < -0.4 is 4.74 Å². The molecular weight excluding hydrogens is 321 g/mol. The summed E-state index contributed by atoms with van der Waals surface area (Å²) in [4.78, 5) is 12.5. The number of ether oxygens (including phenoxy) is 1. The summed E-state index contributed by atoms with van der Waals surface area (Å²) >= 11 is 0. The lowest BCUT2D eigenvalue weighted by Gasteiger charge is -2.17. The molecule has 0 unspecified atom stereocenters. The van der Waals surface area contributed by atoms with Crippen LogP contribution in [0.4, 0.5) is 13.2 Å². The van der Waals surface area contributed by atoms with Crippen LogP contribution >= 0.6 is 0 Å². The van der Waals surface area contributed by atoms with Gasteiger partial charge in [0.15, 0.2) is 5.78 Å². The van der Waals surface area contributed by atoms with E-state index in [4.69, 9.17) is 0 Å². The monoisotopic (exact) mass is 334 g/mol. The molecule has 0 spiro atoms. The number of phenolic OH excluding ortho intramolecular Hbond substituents is 1. The number of halogens is 3. The van der Waals surface area contributed by atoms with Crippen molar-refractivity contribution in [1.82, 2.24) is 0 Å². The smallest absolute Gasteiger partial charge is 0.508 e. The van der Waals surface area contributed by atoms with Crippen molar-refractivity contribution in [2.45, 2.75) is 19.2 Å². The normalized spacial score (nSPS) is 16.1. The molecule has 0 fully saturated rings. The number of ketones is 1. The molecule has 1 N–H and O–H groups in total. The number of benzene rings is 2. The van der Waals surface area contributed by atoms with Gasteiger partial charge in [-0.25, -0.2) is 0 Å². The van der Waals surface area contributed by atoms with E-state index in [1.54, 1.807) is 18.2 Å². The van der Waals surface area contributed by atoms with Gasteiger partial charge >= 0.3 is 6.36 Å². The first-order valence-electron chi connectivity index (χ1n) is 7.25. The molecule has 0 bridgehead atoms. The molecule has 2 aromatic carbocycles. The van der Waals surface area contributed by atoms with Gasteiger partial charge in [0.25, 0.3) is 0 Å². The Kier molecular flexibility index (Phi) is 4.05. The molecule has 3 nitrogen and oxygen atoms in total. The van der Waals surface area contributed by atoms with Crippen molar-refractivity contribution in [2.75, 3.05) is 0 Å². The van der Waals surface area contributed by atoms with Gasteiger partial charge in [0, 0.05) is 11.1 Å². The molecule has 3 rings (SSSR count). The number of hydrogen-bond acceptors (Lipinski definition) is 3. The molecule has 0 saturated heterocycles. The quantitative estimate of drug-likeness (QED) is 0.823. The first kappa shape index (κ1) is 16.1. The van der Waals surface area contributed by atoms with Crippen LogP contribution in [0.3, 0.4) is 0 Å². The fourth-order valence-electron chi connectivity index (χ4n) is 2.67. The number of rotatable bonds is 2. The maximum Gasteiger partial charge on any atom is 0.573 e. The molecule has 0 aliphatic heterocycles. The number of phenols is 1. The highest BCUT2D eigenvalue weighted by Crippen LogP contribution is 2.29. The van der Waals surface area contributed by atoms with E-state index < -0.39 is 6.36 Å². The number of Topliss-reactive ketones (excluding diaryl/α,β-unsaturated/α-hetero) is 1. The first-order valence-corrected chi connectivity index (χ1v) is 7.25. The first-order chi connectivity index (χ1) is 11.3. The van der Waals surface area contributed by atoms with Gasteiger partial charge in [0.2, 0.25) is 0 Å². The molecule has 24 heavy (non-hydrogen) atoms. The maximum absolute atomic E-state index is 12.5. The van der Waals surface area contributed by atoms with Crippen LogP contribution in [0, 0.1) is 0 Å². The molecule has 0 aromatic heterocycles. The molecule has 0 amide bonds. The third-order valence-corrected chi connectivity index (χ3v) is 3.74. The number of aryl methyl sites for hydroxylation is 1. The number of carbonyl (C=O) groups excluding carboxylic acids is 1. The highest BCUT2D eigenvalue weighted by Gasteiger charge is 2.31. The summed E-state index contributed by atoms with van der Waals surface area (Å²) < 4.78 is 40.2. The van der Waals surface area contributed by atoms with E-state index in [0.717, 1.165) is 5.56 Å². The van der Waals surface area contributed by atoms with Gasteiger partial charge in [-0.15, -0.1) is 13.2 Å². The number of aromatic hydroxyl groups is 1. The van der Waals surface area contributed by atoms with E-state index in [1.165, 1.54) is 30.3 Å². The number of alkyl halides is 3. The number of carbonyl (C=O) groups is 1. The average molecular weight is 334 g/mol. The zero-order valence-corrected chi connectivity index (χ0v) is 12.4. The Bertz CT molecular complexity index is 805. The Morgan fingerprint density at radius 3 is 2.42 bits per heavy atom. The van der Waals surface area contributed by atoms with Crippen LogP contribution in [-0.4, -0.2) is 17.3 Å². The molecule has 1 aliphatic carbocycles. The number of hydrogen-bond donors (Lipinski definition) is 1. The molecular formula is C18H13F3O3. The topological polar surface area (TPSA) is 46.5 Å². The third-order valence-electron chi connectivity index (χ3n) is 3.74. The summed E-state index contributed by atoms with van der Waals surface area (Å²) in [5, 5.41) is 9.46. The molecule has 6 heteroatoms. The summed E-state index contributed by atoms with van der Waals surface area (Å²) in [5.74, 6) is -0.318. The lowest BCUT2D eigenvalue weighted by atomic mass is 9.86. The summed E-state index contributed by atoms with van der Waals surface area (Å²) in [5.41, 5.74) is 2.54. The van der Waals surface area contributed by atoms with Crippen molar-refractivity contribution >= 4 is 11.9 Å². The van der Waals surface area contributed by atoms with Crippen LogP contribution in [0.25, 0.3) is 6.08 Å². The van der Waals surface area contributed by atoms with Gasteiger partial charge in [-0.2, -0.15) is 0 Å². The molecule has 0 heterocycles. The minimum atomic E-state index is -4.73. The molecule has 0 atom stereocenters. The Labute approximate surface area is 136 Å². The molecule has 0 radical (unpaired) electrons. The van der Waals surface area contributed by atoms with E-state index in [9.17, 15) is 23.1 Å². The van der Waals surface area contributed by atoms with E-state index in [-0.39, 0.29) is 17.3 Å². The van der Waals surface area contributed by atoms with Crippen LogP contribution in [0.2, 0.25) is 0 Å². The summed E-state index contributed by atoms with van der Waals surface area (Å²) in [6.45, 7) is 0. The summed E-state index contributed by atoms with van der Waals surface area (Å²) in [7, 11) is 0. The lowest BCUT2D eigenvalue weighted by molar-refractivity contribution is -0.274. The minimum Gasteiger partial charge on any atom is -0.508 e. The Hall–Kier alpha value is -2.76. The second-order valence-corrected chi connectivity index (χ2v) is 5.46. The van der Waals surface area contributed by atoms with E-state index in [1.807, 2.05) is 0 Å². The van der Waals surface area contributed by atoms with Crippen LogP contribution in [0.1, 0.15) is 27.9 Å². The second kappa shape index (κ2) is 6.03. The molecule has 2 aromatic rings.